The number of hydrazine groups is 1. The van der Waals surface area contributed by atoms with Crippen LogP contribution in [0, 0.1) is 0 Å². The molecule has 2 N–H and O–H groups in total. The van der Waals surface area contributed by atoms with E-state index in [1.165, 1.54) is 23.8 Å². The highest BCUT2D eigenvalue weighted by Gasteiger charge is 2.15. The summed E-state index contributed by atoms with van der Waals surface area (Å²) < 4.78 is 24.3. The Morgan fingerprint density at radius 1 is 0.955 bits per heavy atom. The molecule has 2 aromatic carbocycles. The van der Waals surface area contributed by atoms with Gasteiger partial charge in [-0.05, 0) is 41.8 Å². The van der Waals surface area contributed by atoms with Crippen molar-refractivity contribution in [3.8, 4) is 0 Å². The summed E-state index contributed by atoms with van der Waals surface area (Å²) in [4.78, 5) is 2.34. The van der Waals surface area contributed by atoms with Gasteiger partial charge in [0.15, 0.2) is 0 Å². The fraction of sp³-hybridized carbons (Fsp3) is 0.200. The average Bonchev–Trinajstić information content (AvgIpc) is 2.48. The lowest BCUT2D eigenvalue weighted by Crippen LogP contribution is -2.29. The Hall–Kier alpha value is -1.27. The predicted molar refractivity (Wildman–Crippen MR) is 90.9 cm³/mol. The van der Waals surface area contributed by atoms with Crippen molar-refractivity contribution in [3.63, 3.8) is 0 Å². The SMILES string of the molecule is CC(C)c1ccc(NNS(=O)(=O)c2ccc(Cl)c(Cl)c2)cc1. The Morgan fingerprint density at radius 3 is 2.14 bits per heavy atom. The zero-order chi connectivity index (χ0) is 16.3. The van der Waals surface area contributed by atoms with Gasteiger partial charge in [-0.15, -0.1) is 4.83 Å². The zero-order valence-electron chi connectivity index (χ0n) is 12.1. The van der Waals surface area contributed by atoms with Gasteiger partial charge in [0, 0.05) is 5.69 Å². The van der Waals surface area contributed by atoms with E-state index < -0.39 is 10.0 Å². The number of benzene rings is 2. The van der Waals surface area contributed by atoms with Crippen LogP contribution in [0.5, 0.6) is 0 Å². The summed E-state index contributed by atoms with van der Waals surface area (Å²) >= 11 is 11.6. The van der Waals surface area contributed by atoms with Crippen molar-refractivity contribution in [3.05, 3.63) is 58.1 Å². The number of hydrogen-bond donors (Lipinski definition) is 2. The normalized spacial score (nSPS) is 11.7. The first-order valence-electron chi connectivity index (χ1n) is 6.62. The summed E-state index contributed by atoms with van der Waals surface area (Å²) in [5, 5.41) is 0.490. The topological polar surface area (TPSA) is 58.2 Å². The maximum absolute atomic E-state index is 12.2. The van der Waals surface area contributed by atoms with Crippen LogP contribution in [0.25, 0.3) is 0 Å². The van der Waals surface area contributed by atoms with E-state index in [0.717, 1.165) is 0 Å². The number of anilines is 1. The van der Waals surface area contributed by atoms with E-state index >= 15 is 0 Å². The molecule has 0 spiro atoms. The molecular formula is C15H16Cl2N2O2S. The summed E-state index contributed by atoms with van der Waals surface area (Å²) in [6.45, 7) is 4.19. The van der Waals surface area contributed by atoms with Crippen molar-refractivity contribution in [2.24, 2.45) is 0 Å². The van der Waals surface area contributed by atoms with Gasteiger partial charge in [-0.1, -0.05) is 49.2 Å². The Kier molecular flexibility index (Phi) is 5.34. The second kappa shape index (κ2) is 6.87. The van der Waals surface area contributed by atoms with Crippen LogP contribution in [0.2, 0.25) is 10.0 Å². The number of halogens is 2. The molecule has 2 aromatic rings. The van der Waals surface area contributed by atoms with Crippen molar-refractivity contribution < 1.29 is 8.42 Å². The van der Waals surface area contributed by atoms with Gasteiger partial charge in [0.25, 0.3) is 10.0 Å². The van der Waals surface area contributed by atoms with E-state index in [9.17, 15) is 8.42 Å². The van der Waals surface area contributed by atoms with Crippen molar-refractivity contribution in [2.75, 3.05) is 5.43 Å². The Bertz CT molecular complexity index is 760. The van der Waals surface area contributed by atoms with Crippen molar-refractivity contribution in [2.45, 2.75) is 24.7 Å². The van der Waals surface area contributed by atoms with Gasteiger partial charge >= 0.3 is 0 Å². The minimum absolute atomic E-state index is 0.0354. The number of sulfonamides is 1. The largest absolute Gasteiger partial charge is 0.308 e. The number of rotatable bonds is 5. The van der Waals surface area contributed by atoms with E-state index in [-0.39, 0.29) is 9.92 Å². The maximum atomic E-state index is 12.2. The molecule has 4 nitrogen and oxygen atoms in total. The molecule has 0 aliphatic heterocycles. The standard InChI is InChI=1S/C15H16Cl2N2O2S/c1-10(2)11-3-5-12(6-4-11)18-19-22(20,21)13-7-8-14(16)15(17)9-13/h3-10,18-19H,1-2H3. The number of nitrogens with one attached hydrogen (secondary N) is 2. The van der Waals surface area contributed by atoms with Crippen LogP contribution in [0.15, 0.2) is 47.4 Å². The molecular weight excluding hydrogens is 343 g/mol. The summed E-state index contributed by atoms with van der Waals surface area (Å²) in [6, 6.07) is 11.6. The van der Waals surface area contributed by atoms with Crippen LogP contribution >= 0.6 is 23.2 Å². The Morgan fingerprint density at radius 2 is 1.59 bits per heavy atom. The second-order valence-corrected chi connectivity index (χ2v) is 7.58. The van der Waals surface area contributed by atoms with Gasteiger partial charge in [-0.3, -0.25) is 0 Å². The molecule has 118 valence electrons. The van der Waals surface area contributed by atoms with Crippen LogP contribution in [-0.2, 0) is 10.0 Å². The monoisotopic (exact) mass is 358 g/mol. The van der Waals surface area contributed by atoms with Crippen LogP contribution in [0.1, 0.15) is 25.3 Å². The van der Waals surface area contributed by atoms with Gasteiger partial charge in [-0.25, -0.2) is 8.42 Å². The third-order valence-corrected chi connectivity index (χ3v) is 5.09. The van der Waals surface area contributed by atoms with E-state index in [1.54, 1.807) is 0 Å². The minimum Gasteiger partial charge on any atom is -0.308 e. The molecule has 0 amide bonds. The summed E-state index contributed by atoms with van der Waals surface area (Å²) in [5.41, 5.74) is 4.49. The molecule has 0 fully saturated rings. The summed E-state index contributed by atoms with van der Waals surface area (Å²) in [6.07, 6.45) is 0. The van der Waals surface area contributed by atoms with Crippen molar-refractivity contribution in [1.82, 2.24) is 4.83 Å². The molecule has 0 atom stereocenters. The highest BCUT2D eigenvalue weighted by molar-refractivity contribution is 7.89. The lowest BCUT2D eigenvalue weighted by atomic mass is 10.0. The molecule has 0 unspecified atom stereocenters. The molecule has 22 heavy (non-hydrogen) atoms. The van der Waals surface area contributed by atoms with Crippen LogP contribution in [0.4, 0.5) is 5.69 Å². The third-order valence-electron chi connectivity index (χ3n) is 3.11. The molecule has 0 heterocycles. The van der Waals surface area contributed by atoms with Crippen LogP contribution < -0.4 is 10.3 Å². The van der Waals surface area contributed by atoms with Gasteiger partial charge in [0.05, 0.1) is 14.9 Å². The molecule has 0 saturated heterocycles. The first-order valence-corrected chi connectivity index (χ1v) is 8.86. The second-order valence-electron chi connectivity index (χ2n) is 5.08. The van der Waals surface area contributed by atoms with Crippen molar-refractivity contribution in [1.29, 1.82) is 0 Å². The quantitative estimate of drug-likeness (QED) is 0.777. The van der Waals surface area contributed by atoms with Gasteiger partial charge in [0.2, 0.25) is 0 Å². The summed E-state index contributed by atoms with van der Waals surface area (Å²) in [7, 11) is -3.73. The first kappa shape index (κ1) is 17.1. The zero-order valence-corrected chi connectivity index (χ0v) is 14.4. The molecule has 2 rings (SSSR count). The highest BCUT2D eigenvalue weighted by Crippen LogP contribution is 2.24. The Balaban J connectivity index is 2.10. The molecule has 0 aliphatic rings. The predicted octanol–water partition coefficient (Wildman–Crippen LogP) is 4.42. The Labute approximate surface area is 140 Å². The van der Waals surface area contributed by atoms with E-state index in [2.05, 4.69) is 24.1 Å². The highest BCUT2D eigenvalue weighted by atomic mass is 35.5. The first-order chi connectivity index (χ1) is 10.3. The maximum Gasteiger partial charge on any atom is 0.257 e. The van der Waals surface area contributed by atoms with Gasteiger partial charge in [-0.2, -0.15) is 0 Å². The smallest absolute Gasteiger partial charge is 0.257 e. The fourth-order valence-electron chi connectivity index (χ4n) is 1.78. The van der Waals surface area contributed by atoms with Gasteiger partial charge < -0.3 is 5.43 Å². The fourth-order valence-corrected chi connectivity index (χ4v) is 3.03. The third kappa shape index (κ3) is 4.14. The molecule has 0 bridgehead atoms. The molecule has 0 saturated carbocycles. The van der Waals surface area contributed by atoms with E-state index in [1.807, 2.05) is 24.3 Å². The summed E-state index contributed by atoms with van der Waals surface area (Å²) in [5.74, 6) is 0.418. The molecule has 0 aliphatic carbocycles. The van der Waals surface area contributed by atoms with Crippen LogP contribution in [-0.4, -0.2) is 8.42 Å². The lowest BCUT2D eigenvalue weighted by molar-refractivity contribution is 0.588. The van der Waals surface area contributed by atoms with Crippen molar-refractivity contribution >= 4 is 38.9 Å². The van der Waals surface area contributed by atoms with Crippen LogP contribution in [0.3, 0.4) is 0 Å². The average molecular weight is 359 g/mol. The molecule has 0 radical (unpaired) electrons. The van der Waals surface area contributed by atoms with E-state index in [4.69, 9.17) is 23.2 Å². The molecule has 0 aromatic heterocycles. The minimum atomic E-state index is -3.73. The molecule has 7 heteroatoms. The van der Waals surface area contributed by atoms with Gasteiger partial charge in [0.1, 0.15) is 0 Å². The lowest BCUT2D eigenvalue weighted by Gasteiger charge is -2.11. The van der Waals surface area contributed by atoms with E-state index in [0.29, 0.717) is 16.6 Å². The number of hydrogen-bond acceptors (Lipinski definition) is 3.